The predicted octanol–water partition coefficient (Wildman–Crippen LogP) is 1.80. The first kappa shape index (κ1) is 14.6. The number of phenolic OH excluding ortho intramolecular Hbond substituents is 1. The van der Waals surface area contributed by atoms with Crippen molar-refractivity contribution < 1.29 is 15.1 Å². The van der Waals surface area contributed by atoms with Crippen molar-refractivity contribution in [2.45, 2.75) is 19.4 Å². The summed E-state index contributed by atoms with van der Waals surface area (Å²) in [5.41, 5.74) is 4.62. The van der Waals surface area contributed by atoms with Gasteiger partial charge in [-0.05, 0) is 25.3 Å². The lowest BCUT2D eigenvalue weighted by molar-refractivity contribution is 0.0928. The zero-order valence-corrected chi connectivity index (χ0v) is 11.8. The van der Waals surface area contributed by atoms with Crippen LogP contribution in [0.5, 0.6) is 5.75 Å². The van der Waals surface area contributed by atoms with E-state index in [4.69, 9.17) is 10.9 Å². The zero-order valence-electron chi connectivity index (χ0n) is 11.8. The number of benzene rings is 2. The summed E-state index contributed by atoms with van der Waals surface area (Å²) < 4.78 is 0. The first-order chi connectivity index (χ1) is 9.86. The third-order valence-corrected chi connectivity index (χ3v) is 3.32. The highest BCUT2D eigenvalue weighted by Crippen LogP contribution is 2.28. The Morgan fingerprint density at radius 2 is 1.90 bits per heavy atom. The molecule has 0 radical (unpaired) electrons. The van der Waals surface area contributed by atoms with Gasteiger partial charge in [0.15, 0.2) is 5.84 Å². The van der Waals surface area contributed by atoms with Crippen LogP contribution in [0.3, 0.4) is 0 Å². The second kappa shape index (κ2) is 5.32. The molecule has 1 amide bonds. The molecule has 0 aliphatic rings. The number of nitrogens with one attached hydrogen (secondary N) is 1. The van der Waals surface area contributed by atoms with Crippen molar-refractivity contribution in [1.82, 2.24) is 5.32 Å². The molecule has 0 saturated carbocycles. The van der Waals surface area contributed by atoms with Gasteiger partial charge in [-0.3, -0.25) is 4.79 Å². The fraction of sp³-hybridized carbons (Fsp3) is 0.200. The molecule has 2 rings (SSSR count). The number of rotatable bonds is 3. The van der Waals surface area contributed by atoms with Crippen LogP contribution in [0.1, 0.15) is 24.2 Å². The molecule has 0 fully saturated rings. The van der Waals surface area contributed by atoms with E-state index in [2.05, 4.69) is 10.5 Å². The van der Waals surface area contributed by atoms with Gasteiger partial charge in [0.1, 0.15) is 5.75 Å². The van der Waals surface area contributed by atoms with Gasteiger partial charge < -0.3 is 21.4 Å². The maximum absolute atomic E-state index is 12.3. The van der Waals surface area contributed by atoms with Crippen LogP contribution >= 0.6 is 0 Å². The highest BCUT2D eigenvalue weighted by atomic mass is 16.4. The third-order valence-electron chi connectivity index (χ3n) is 3.32. The van der Waals surface area contributed by atoms with Crippen molar-refractivity contribution in [3.05, 3.63) is 42.0 Å². The molecule has 2 aromatic carbocycles. The van der Waals surface area contributed by atoms with Gasteiger partial charge in [0.05, 0.1) is 11.1 Å². The van der Waals surface area contributed by atoms with E-state index in [0.29, 0.717) is 5.39 Å². The Bertz CT molecular complexity index is 723. The van der Waals surface area contributed by atoms with Crippen LogP contribution in [0.25, 0.3) is 10.8 Å². The number of amides is 1. The van der Waals surface area contributed by atoms with Gasteiger partial charge in [0.25, 0.3) is 5.91 Å². The van der Waals surface area contributed by atoms with Gasteiger partial charge in [-0.1, -0.05) is 35.5 Å². The highest BCUT2D eigenvalue weighted by molar-refractivity contribution is 6.05. The third kappa shape index (κ3) is 2.74. The summed E-state index contributed by atoms with van der Waals surface area (Å²) in [6.45, 7) is 3.19. The summed E-state index contributed by atoms with van der Waals surface area (Å²) in [6.07, 6.45) is 0. The van der Waals surface area contributed by atoms with E-state index in [1.54, 1.807) is 32.0 Å². The number of nitrogens with zero attached hydrogens (tertiary/aromatic N) is 1. The number of hydrogen-bond acceptors (Lipinski definition) is 4. The second-order valence-corrected chi connectivity index (χ2v) is 5.25. The summed E-state index contributed by atoms with van der Waals surface area (Å²) in [5, 5.41) is 25.9. The van der Waals surface area contributed by atoms with Crippen LogP contribution < -0.4 is 11.1 Å². The van der Waals surface area contributed by atoms with Crippen molar-refractivity contribution in [2.75, 3.05) is 0 Å². The smallest absolute Gasteiger partial charge is 0.255 e. The lowest BCUT2D eigenvalue weighted by Gasteiger charge is -2.24. The lowest BCUT2D eigenvalue weighted by Crippen LogP contribution is -2.53. The van der Waals surface area contributed by atoms with E-state index >= 15 is 0 Å². The molecule has 6 nitrogen and oxygen atoms in total. The number of hydrogen-bond donors (Lipinski definition) is 4. The molecule has 5 N–H and O–H groups in total. The van der Waals surface area contributed by atoms with Crippen molar-refractivity contribution >= 4 is 22.5 Å². The minimum Gasteiger partial charge on any atom is -0.506 e. The topological polar surface area (TPSA) is 108 Å². The Kier molecular flexibility index (Phi) is 3.71. The summed E-state index contributed by atoms with van der Waals surface area (Å²) >= 11 is 0. The Labute approximate surface area is 121 Å². The van der Waals surface area contributed by atoms with Gasteiger partial charge in [0, 0.05) is 5.39 Å². The monoisotopic (exact) mass is 287 g/mol. The molecule has 0 saturated heterocycles. The van der Waals surface area contributed by atoms with Crippen LogP contribution in [0, 0.1) is 0 Å². The molecule has 0 atom stereocenters. The van der Waals surface area contributed by atoms with E-state index in [9.17, 15) is 9.90 Å². The maximum Gasteiger partial charge on any atom is 0.255 e. The molecular weight excluding hydrogens is 270 g/mol. The fourth-order valence-electron chi connectivity index (χ4n) is 1.98. The summed E-state index contributed by atoms with van der Waals surface area (Å²) in [5.74, 6) is -0.730. The number of phenols is 1. The molecular formula is C15H17N3O3. The molecule has 0 aliphatic carbocycles. The molecule has 0 spiro atoms. The molecule has 0 unspecified atom stereocenters. The van der Waals surface area contributed by atoms with Gasteiger partial charge in [-0.2, -0.15) is 0 Å². The number of fused-ring (bicyclic) bond motifs is 1. The number of nitrogens with two attached hydrogens (primary N) is 1. The minimum atomic E-state index is -1.04. The molecule has 0 bridgehead atoms. The fourth-order valence-corrected chi connectivity index (χ4v) is 1.98. The number of carbonyl (C=O) groups excluding carboxylic acids is 1. The first-order valence-electron chi connectivity index (χ1n) is 6.38. The van der Waals surface area contributed by atoms with Gasteiger partial charge in [0.2, 0.25) is 0 Å². The summed E-state index contributed by atoms with van der Waals surface area (Å²) in [6, 6.07) is 10.5. The lowest BCUT2D eigenvalue weighted by atomic mass is 10.0. The first-order valence-corrected chi connectivity index (χ1v) is 6.38. The van der Waals surface area contributed by atoms with Crippen LogP contribution in [-0.4, -0.2) is 27.6 Å². The Morgan fingerprint density at radius 1 is 1.24 bits per heavy atom. The number of carbonyl (C=O) groups is 1. The number of amidine groups is 1. The Hall–Kier alpha value is -2.76. The molecule has 0 heterocycles. The molecule has 21 heavy (non-hydrogen) atoms. The molecule has 0 aromatic heterocycles. The van der Waals surface area contributed by atoms with Crippen LogP contribution in [0.4, 0.5) is 0 Å². The van der Waals surface area contributed by atoms with Crippen LogP contribution in [-0.2, 0) is 0 Å². The average Bonchev–Trinajstić information content (AvgIpc) is 2.46. The standard InChI is InChI=1S/C15H17N3O3/c1-15(2,14(16)18-21)17-13(20)11-8-7-9-5-3-4-6-10(9)12(11)19/h3-8,19,21H,1-2H3,(H2,16,18)(H,17,20). The van der Waals surface area contributed by atoms with E-state index in [0.717, 1.165) is 5.39 Å². The van der Waals surface area contributed by atoms with E-state index < -0.39 is 11.4 Å². The van der Waals surface area contributed by atoms with Crippen LogP contribution in [0.2, 0.25) is 0 Å². The van der Waals surface area contributed by atoms with Crippen molar-refractivity contribution in [3.63, 3.8) is 0 Å². The second-order valence-electron chi connectivity index (χ2n) is 5.25. The maximum atomic E-state index is 12.3. The molecule has 6 heteroatoms. The predicted molar refractivity (Wildman–Crippen MR) is 80.6 cm³/mol. The van der Waals surface area contributed by atoms with E-state index in [-0.39, 0.29) is 17.1 Å². The summed E-state index contributed by atoms with van der Waals surface area (Å²) in [4.78, 5) is 12.3. The van der Waals surface area contributed by atoms with Gasteiger partial charge >= 0.3 is 0 Å². The normalized spacial score (nSPS) is 12.4. The zero-order chi connectivity index (χ0) is 15.6. The Balaban J connectivity index is 2.39. The number of aromatic hydroxyl groups is 1. The van der Waals surface area contributed by atoms with E-state index in [1.165, 1.54) is 6.07 Å². The molecule has 110 valence electrons. The van der Waals surface area contributed by atoms with Crippen molar-refractivity contribution in [2.24, 2.45) is 10.9 Å². The van der Waals surface area contributed by atoms with Crippen molar-refractivity contribution in [3.8, 4) is 5.75 Å². The van der Waals surface area contributed by atoms with Gasteiger partial charge in [-0.15, -0.1) is 0 Å². The quantitative estimate of drug-likeness (QED) is 0.299. The molecule has 0 aliphatic heterocycles. The minimum absolute atomic E-state index is 0.0964. The average molecular weight is 287 g/mol. The SMILES string of the molecule is CC(C)(NC(=O)c1ccc2ccccc2c1O)/C(N)=N/O. The Morgan fingerprint density at radius 3 is 2.57 bits per heavy atom. The highest BCUT2D eigenvalue weighted by Gasteiger charge is 2.27. The molecule has 2 aromatic rings. The van der Waals surface area contributed by atoms with E-state index in [1.807, 2.05) is 12.1 Å². The largest absolute Gasteiger partial charge is 0.506 e. The summed E-state index contributed by atoms with van der Waals surface area (Å²) in [7, 11) is 0. The van der Waals surface area contributed by atoms with Gasteiger partial charge in [-0.25, -0.2) is 0 Å². The van der Waals surface area contributed by atoms with Crippen LogP contribution in [0.15, 0.2) is 41.6 Å². The number of oxime groups is 1. The van der Waals surface area contributed by atoms with Crippen molar-refractivity contribution in [1.29, 1.82) is 0 Å².